The van der Waals surface area contributed by atoms with E-state index in [-0.39, 0.29) is 5.78 Å². The lowest BCUT2D eigenvalue weighted by molar-refractivity contribution is 0.103. The Bertz CT molecular complexity index is 640. The van der Waals surface area contributed by atoms with Gasteiger partial charge in [-0.2, -0.15) is 0 Å². The fourth-order valence-corrected chi connectivity index (χ4v) is 2.41. The molecule has 0 atom stereocenters. The van der Waals surface area contributed by atoms with Crippen molar-refractivity contribution in [2.45, 2.75) is 12.8 Å². The van der Waals surface area contributed by atoms with Crippen LogP contribution in [-0.4, -0.2) is 17.3 Å². The van der Waals surface area contributed by atoms with Gasteiger partial charge < -0.3 is 5.32 Å². The molecule has 3 rings (SSSR count). The summed E-state index contributed by atoms with van der Waals surface area (Å²) < 4.78 is 13.2. The Balaban J connectivity index is 2.05. The first kappa shape index (κ1) is 11.8. The normalized spacial score (nSPS) is 13.5. The molecule has 0 saturated heterocycles. The average Bonchev–Trinajstić information content (AvgIpc) is 2.46. The number of carbonyl (C=O) groups excluding carboxylic acids is 1. The Morgan fingerprint density at radius 2 is 2.21 bits per heavy atom. The van der Waals surface area contributed by atoms with Gasteiger partial charge in [0, 0.05) is 29.6 Å². The van der Waals surface area contributed by atoms with Gasteiger partial charge >= 0.3 is 0 Å². The number of carbonyl (C=O) groups is 1. The van der Waals surface area contributed by atoms with Gasteiger partial charge in [-0.15, -0.1) is 0 Å². The fraction of sp³-hybridized carbons (Fsp3) is 0.200. The third-order valence-corrected chi connectivity index (χ3v) is 3.31. The largest absolute Gasteiger partial charge is 0.385 e. The van der Waals surface area contributed by atoms with Gasteiger partial charge in [0.15, 0.2) is 5.78 Å². The van der Waals surface area contributed by atoms with Crippen LogP contribution in [0.25, 0.3) is 0 Å². The number of aromatic nitrogens is 1. The van der Waals surface area contributed by atoms with Crippen LogP contribution < -0.4 is 5.32 Å². The van der Waals surface area contributed by atoms with E-state index in [2.05, 4.69) is 10.3 Å². The Hall–Kier alpha value is -2.23. The molecular formula is C15H13FN2O. The van der Waals surface area contributed by atoms with Crippen LogP contribution >= 0.6 is 0 Å². The number of hydrogen-bond acceptors (Lipinski definition) is 3. The Labute approximate surface area is 110 Å². The second-order valence-electron chi connectivity index (χ2n) is 4.58. The minimum absolute atomic E-state index is 0.174. The summed E-state index contributed by atoms with van der Waals surface area (Å²) in [7, 11) is 0. The van der Waals surface area contributed by atoms with Crippen LogP contribution in [0.3, 0.4) is 0 Å². The fourth-order valence-electron chi connectivity index (χ4n) is 2.41. The number of ketones is 1. The topological polar surface area (TPSA) is 42.0 Å². The second-order valence-corrected chi connectivity index (χ2v) is 4.58. The zero-order chi connectivity index (χ0) is 13.2. The van der Waals surface area contributed by atoms with Gasteiger partial charge in [-0.3, -0.25) is 9.78 Å². The minimum atomic E-state index is -0.492. The van der Waals surface area contributed by atoms with E-state index in [1.54, 1.807) is 6.07 Å². The molecule has 1 aromatic carbocycles. The van der Waals surface area contributed by atoms with E-state index in [1.807, 2.05) is 12.1 Å². The van der Waals surface area contributed by atoms with Crippen LogP contribution in [0.15, 0.2) is 36.7 Å². The van der Waals surface area contributed by atoms with Gasteiger partial charge in [-0.05, 0) is 30.5 Å². The highest BCUT2D eigenvalue weighted by Crippen LogP contribution is 2.26. The Kier molecular flexibility index (Phi) is 2.99. The summed E-state index contributed by atoms with van der Waals surface area (Å²) in [4.78, 5) is 16.2. The van der Waals surface area contributed by atoms with Gasteiger partial charge in [0.2, 0.25) is 0 Å². The van der Waals surface area contributed by atoms with E-state index in [0.717, 1.165) is 36.8 Å². The average molecular weight is 256 g/mol. The van der Waals surface area contributed by atoms with Crippen LogP contribution in [0, 0.1) is 5.82 Å². The van der Waals surface area contributed by atoms with E-state index < -0.39 is 5.82 Å². The summed E-state index contributed by atoms with van der Waals surface area (Å²) in [5, 5.41) is 3.28. The molecule has 0 unspecified atom stereocenters. The van der Waals surface area contributed by atoms with E-state index in [9.17, 15) is 9.18 Å². The lowest BCUT2D eigenvalue weighted by atomic mass is 9.93. The monoisotopic (exact) mass is 256 g/mol. The van der Waals surface area contributed by atoms with E-state index in [0.29, 0.717) is 11.1 Å². The maximum absolute atomic E-state index is 13.2. The van der Waals surface area contributed by atoms with Crippen molar-refractivity contribution >= 4 is 11.5 Å². The number of anilines is 1. The summed E-state index contributed by atoms with van der Waals surface area (Å²) in [6, 6.07) is 6.83. The molecule has 2 heterocycles. The number of nitrogens with one attached hydrogen (secondary N) is 1. The maximum atomic E-state index is 13.2. The highest BCUT2D eigenvalue weighted by atomic mass is 19.1. The van der Waals surface area contributed by atoms with Crippen LogP contribution in [0.2, 0.25) is 0 Å². The van der Waals surface area contributed by atoms with Gasteiger partial charge in [0.1, 0.15) is 5.82 Å². The standard InChI is InChI=1S/C15H13FN2O/c16-11-7-10(8-17-9-11)15(19)13-3-1-5-14-12(13)4-2-6-18-14/h1,3,5,7-9,18H,2,4,6H2. The molecule has 0 fully saturated rings. The van der Waals surface area contributed by atoms with E-state index in [4.69, 9.17) is 0 Å². The molecule has 1 aliphatic rings. The van der Waals surface area contributed by atoms with Gasteiger partial charge in [0.05, 0.1) is 6.20 Å². The number of hydrogen-bond donors (Lipinski definition) is 1. The molecule has 0 aliphatic carbocycles. The molecule has 0 saturated carbocycles. The van der Waals surface area contributed by atoms with E-state index in [1.165, 1.54) is 12.3 Å². The molecule has 0 spiro atoms. The van der Waals surface area contributed by atoms with Crippen molar-refractivity contribution in [1.82, 2.24) is 4.98 Å². The van der Waals surface area contributed by atoms with Crippen LogP contribution in [0.5, 0.6) is 0 Å². The van der Waals surface area contributed by atoms with Crippen molar-refractivity contribution in [1.29, 1.82) is 0 Å². The zero-order valence-electron chi connectivity index (χ0n) is 10.3. The third-order valence-electron chi connectivity index (χ3n) is 3.31. The molecule has 2 aromatic rings. The molecule has 1 aromatic heterocycles. The Morgan fingerprint density at radius 3 is 3.05 bits per heavy atom. The lowest BCUT2D eigenvalue weighted by Crippen LogP contribution is -2.16. The second kappa shape index (κ2) is 4.80. The SMILES string of the molecule is O=C(c1cncc(F)c1)c1cccc2c1CCCN2. The third kappa shape index (κ3) is 2.21. The first-order chi connectivity index (χ1) is 9.25. The van der Waals surface area contributed by atoms with Crippen molar-refractivity contribution < 1.29 is 9.18 Å². The first-order valence-electron chi connectivity index (χ1n) is 6.27. The molecule has 3 nitrogen and oxygen atoms in total. The highest BCUT2D eigenvalue weighted by Gasteiger charge is 2.18. The van der Waals surface area contributed by atoms with Crippen molar-refractivity contribution in [2.24, 2.45) is 0 Å². The zero-order valence-corrected chi connectivity index (χ0v) is 10.3. The number of rotatable bonds is 2. The lowest BCUT2D eigenvalue weighted by Gasteiger charge is -2.20. The van der Waals surface area contributed by atoms with Crippen LogP contribution in [0.1, 0.15) is 27.9 Å². The van der Waals surface area contributed by atoms with Crippen molar-refractivity contribution in [2.75, 3.05) is 11.9 Å². The molecule has 1 N–H and O–H groups in total. The Morgan fingerprint density at radius 1 is 1.32 bits per heavy atom. The number of pyridine rings is 1. The van der Waals surface area contributed by atoms with Gasteiger partial charge in [0.25, 0.3) is 0 Å². The number of nitrogens with zero attached hydrogens (tertiary/aromatic N) is 1. The van der Waals surface area contributed by atoms with Crippen molar-refractivity contribution in [3.63, 3.8) is 0 Å². The summed E-state index contributed by atoms with van der Waals surface area (Å²) in [6.07, 6.45) is 4.37. The van der Waals surface area contributed by atoms with Crippen LogP contribution in [0.4, 0.5) is 10.1 Å². The molecule has 0 radical (unpaired) electrons. The molecule has 0 amide bonds. The van der Waals surface area contributed by atoms with Crippen molar-refractivity contribution in [3.8, 4) is 0 Å². The molecule has 1 aliphatic heterocycles. The molecule has 4 heteroatoms. The quantitative estimate of drug-likeness (QED) is 0.840. The minimum Gasteiger partial charge on any atom is -0.385 e. The number of fused-ring (bicyclic) bond motifs is 1. The summed E-state index contributed by atoms with van der Waals surface area (Å²) in [5.41, 5.74) is 2.94. The van der Waals surface area contributed by atoms with Gasteiger partial charge in [-0.1, -0.05) is 12.1 Å². The molecular weight excluding hydrogens is 243 g/mol. The van der Waals surface area contributed by atoms with E-state index >= 15 is 0 Å². The maximum Gasteiger partial charge on any atom is 0.195 e. The van der Waals surface area contributed by atoms with Gasteiger partial charge in [-0.25, -0.2) is 4.39 Å². The smallest absolute Gasteiger partial charge is 0.195 e. The molecule has 96 valence electrons. The number of halogens is 1. The summed E-state index contributed by atoms with van der Waals surface area (Å²) in [5.74, 6) is -0.665. The predicted molar refractivity (Wildman–Crippen MR) is 70.9 cm³/mol. The highest BCUT2D eigenvalue weighted by molar-refractivity contribution is 6.10. The van der Waals surface area contributed by atoms with Crippen molar-refractivity contribution in [3.05, 3.63) is 59.2 Å². The summed E-state index contributed by atoms with van der Waals surface area (Å²) in [6.45, 7) is 0.923. The molecule has 19 heavy (non-hydrogen) atoms. The van der Waals surface area contributed by atoms with Crippen LogP contribution in [-0.2, 0) is 6.42 Å². The number of benzene rings is 1. The first-order valence-corrected chi connectivity index (χ1v) is 6.27. The predicted octanol–water partition coefficient (Wildman–Crippen LogP) is 2.81. The summed E-state index contributed by atoms with van der Waals surface area (Å²) >= 11 is 0. The molecule has 0 bridgehead atoms.